The van der Waals surface area contributed by atoms with Crippen molar-refractivity contribution in [1.82, 2.24) is 30.1 Å². The summed E-state index contributed by atoms with van der Waals surface area (Å²) in [6.07, 6.45) is 3.81. The molecule has 12 nitrogen and oxygen atoms in total. The van der Waals surface area contributed by atoms with Crippen LogP contribution in [-0.4, -0.2) is 84.3 Å². The number of carbonyl (C=O) groups excluding carboxylic acids is 3. The lowest BCUT2D eigenvalue weighted by atomic mass is 9.92. The predicted octanol–water partition coefficient (Wildman–Crippen LogP) is 2.32. The van der Waals surface area contributed by atoms with Gasteiger partial charge in [0, 0.05) is 23.9 Å². The van der Waals surface area contributed by atoms with Crippen molar-refractivity contribution in [1.29, 1.82) is 0 Å². The molecule has 2 aliphatic heterocycles. The first-order valence-electron chi connectivity index (χ1n) is 12.6. The van der Waals surface area contributed by atoms with Gasteiger partial charge < -0.3 is 19.5 Å². The number of ketones is 1. The third kappa shape index (κ3) is 5.52. The first-order valence-corrected chi connectivity index (χ1v) is 12.9. The minimum absolute atomic E-state index is 0.0746. The van der Waals surface area contributed by atoms with Gasteiger partial charge in [0.25, 0.3) is 5.88 Å². The molecule has 3 aromatic rings. The molecule has 15 heteroatoms. The summed E-state index contributed by atoms with van der Waals surface area (Å²) in [5.74, 6) is -4.45. The molecule has 2 aliphatic rings. The fraction of sp³-hybridized carbons (Fsp3) is 0.346. The number of aliphatic hydroxyl groups is 1. The van der Waals surface area contributed by atoms with E-state index < -0.39 is 65.5 Å². The van der Waals surface area contributed by atoms with E-state index >= 15 is 4.39 Å². The van der Waals surface area contributed by atoms with Gasteiger partial charge in [-0.2, -0.15) is 4.68 Å². The highest BCUT2D eigenvalue weighted by Crippen LogP contribution is 2.40. The van der Waals surface area contributed by atoms with Gasteiger partial charge in [0.05, 0.1) is 22.9 Å². The second-order valence-electron chi connectivity index (χ2n) is 9.50. The maximum absolute atomic E-state index is 15.2. The second kappa shape index (κ2) is 11.7. The lowest BCUT2D eigenvalue weighted by Crippen LogP contribution is -2.47. The number of ether oxygens (including phenoxy) is 2. The normalized spacial score (nSPS) is 19.0. The molecule has 2 aromatic heterocycles. The Morgan fingerprint density at radius 3 is 2.76 bits per heavy atom. The second-order valence-corrected chi connectivity index (χ2v) is 9.90. The molecule has 1 aromatic carbocycles. The van der Waals surface area contributed by atoms with Crippen LogP contribution < -0.4 is 4.74 Å². The topological polar surface area (TPSA) is 150 Å². The summed E-state index contributed by atoms with van der Waals surface area (Å²) < 4.78 is 41.5. The van der Waals surface area contributed by atoms with E-state index in [1.807, 2.05) is 0 Å². The van der Waals surface area contributed by atoms with Crippen LogP contribution in [-0.2, 0) is 14.3 Å². The molecule has 4 heterocycles. The summed E-state index contributed by atoms with van der Waals surface area (Å²) in [6.45, 7) is 0.326. The number of aliphatic hydroxyl groups excluding tert-OH is 1. The number of tetrazole rings is 1. The van der Waals surface area contributed by atoms with Crippen LogP contribution >= 0.6 is 11.6 Å². The Labute approximate surface area is 236 Å². The standard InChI is InChI=1S/C26H23ClF2N6O6/c1-13(10-36)41-25-23(28)16(6-7-30-25)20(37)11-40-26(39)19-4-2-15-8-14(9-21(38)35(15)19)22-18(34-12-31-32-33-34)5-3-17(27)24(22)29/h3,5-7,9,12-13,15,19,36H,2,4,8,10-11H2,1H3/t13-,15?,19+/m1/s1. The van der Waals surface area contributed by atoms with Crippen molar-refractivity contribution < 1.29 is 37.7 Å². The molecule has 5 rings (SSSR count). The average Bonchev–Trinajstić information content (AvgIpc) is 3.65. The molecule has 41 heavy (non-hydrogen) atoms. The summed E-state index contributed by atoms with van der Waals surface area (Å²) in [6, 6.07) is 2.59. The number of hydrogen-bond donors (Lipinski definition) is 1. The quantitative estimate of drug-likeness (QED) is 0.291. The highest BCUT2D eigenvalue weighted by Gasteiger charge is 2.44. The van der Waals surface area contributed by atoms with Gasteiger partial charge in [-0.3, -0.25) is 9.59 Å². The SMILES string of the molecule is C[C@H](CO)Oc1nccc(C(=O)COC(=O)[C@@H]2CCC3CC(c4c(-n5cnnn5)ccc(Cl)c4F)=CC(=O)N32)c1F. The van der Waals surface area contributed by atoms with Crippen LogP contribution in [0.3, 0.4) is 0 Å². The molecule has 0 aliphatic carbocycles. The van der Waals surface area contributed by atoms with Crippen molar-refractivity contribution in [3.05, 3.63) is 64.6 Å². The number of rotatable bonds is 9. The number of nitrogens with zero attached hydrogens (tertiary/aromatic N) is 6. The van der Waals surface area contributed by atoms with Gasteiger partial charge in [-0.1, -0.05) is 11.6 Å². The third-order valence-electron chi connectivity index (χ3n) is 6.85. The van der Waals surface area contributed by atoms with Crippen LogP contribution in [0.2, 0.25) is 5.02 Å². The Balaban J connectivity index is 1.30. The molecule has 3 atom stereocenters. The van der Waals surface area contributed by atoms with E-state index in [1.165, 1.54) is 41.0 Å². The monoisotopic (exact) mass is 588 g/mol. The maximum atomic E-state index is 15.2. The van der Waals surface area contributed by atoms with E-state index in [0.29, 0.717) is 17.7 Å². The Morgan fingerprint density at radius 2 is 2.02 bits per heavy atom. The van der Waals surface area contributed by atoms with Crippen LogP contribution in [0.1, 0.15) is 42.1 Å². The van der Waals surface area contributed by atoms with E-state index in [0.717, 1.165) is 12.3 Å². The minimum atomic E-state index is -1.05. The summed E-state index contributed by atoms with van der Waals surface area (Å²) in [4.78, 5) is 43.8. The fourth-order valence-electron chi connectivity index (χ4n) is 4.93. The molecule has 1 unspecified atom stereocenters. The number of fused-ring (bicyclic) bond motifs is 1. The fourth-order valence-corrected chi connectivity index (χ4v) is 5.09. The van der Waals surface area contributed by atoms with Gasteiger partial charge in [0.15, 0.2) is 18.2 Å². The molecule has 0 spiro atoms. The van der Waals surface area contributed by atoms with Crippen LogP contribution in [0.25, 0.3) is 11.3 Å². The van der Waals surface area contributed by atoms with Gasteiger partial charge >= 0.3 is 5.97 Å². The van der Waals surface area contributed by atoms with Crippen molar-refractivity contribution >= 4 is 34.8 Å². The van der Waals surface area contributed by atoms with Crippen molar-refractivity contribution in [3.63, 3.8) is 0 Å². The van der Waals surface area contributed by atoms with Crippen molar-refractivity contribution in [2.24, 2.45) is 0 Å². The number of Topliss-reactive ketones (excluding diaryl/α,β-unsaturated/α-hetero) is 1. The lowest BCUT2D eigenvalue weighted by molar-refractivity contribution is -0.152. The largest absolute Gasteiger partial charge is 0.470 e. The van der Waals surface area contributed by atoms with Crippen LogP contribution in [0.15, 0.2) is 36.8 Å². The number of amides is 1. The highest BCUT2D eigenvalue weighted by atomic mass is 35.5. The van der Waals surface area contributed by atoms with Crippen LogP contribution in [0.4, 0.5) is 8.78 Å². The number of hydrogen-bond acceptors (Lipinski definition) is 10. The molecule has 1 N–H and O–H groups in total. The van der Waals surface area contributed by atoms with E-state index in [4.69, 9.17) is 26.2 Å². The molecule has 1 fully saturated rings. The number of aromatic nitrogens is 5. The summed E-state index contributed by atoms with van der Waals surface area (Å²) in [5, 5.41) is 19.9. The van der Waals surface area contributed by atoms with Gasteiger partial charge in [-0.15, -0.1) is 5.10 Å². The summed E-state index contributed by atoms with van der Waals surface area (Å²) in [5.41, 5.74) is 0.332. The van der Waals surface area contributed by atoms with Crippen molar-refractivity contribution in [3.8, 4) is 11.6 Å². The van der Waals surface area contributed by atoms with Gasteiger partial charge in [-0.25, -0.2) is 18.6 Å². The zero-order chi connectivity index (χ0) is 29.3. The van der Waals surface area contributed by atoms with Gasteiger partial charge in [0.2, 0.25) is 11.7 Å². The smallest absolute Gasteiger partial charge is 0.329 e. The lowest BCUT2D eigenvalue weighted by Gasteiger charge is -2.33. The van der Waals surface area contributed by atoms with Gasteiger partial charge in [0.1, 0.15) is 18.5 Å². The molecule has 0 radical (unpaired) electrons. The first kappa shape index (κ1) is 28.2. The Morgan fingerprint density at radius 1 is 1.22 bits per heavy atom. The number of carbonyl (C=O) groups is 3. The van der Waals surface area contributed by atoms with E-state index in [1.54, 1.807) is 0 Å². The zero-order valence-electron chi connectivity index (χ0n) is 21.5. The Hall–Kier alpha value is -4.30. The van der Waals surface area contributed by atoms with E-state index in [2.05, 4.69) is 20.5 Å². The van der Waals surface area contributed by atoms with Gasteiger partial charge in [-0.05, 0) is 60.4 Å². The molecule has 1 saturated heterocycles. The Kier molecular flexibility index (Phi) is 8.03. The zero-order valence-corrected chi connectivity index (χ0v) is 22.3. The molecule has 214 valence electrons. The number of benzene rings is 1. The van der Waals surface area contributed by atoms with E-state index in [9.17, 15) is 18.8 Å². The van der Waals surface area contributed by atoms with E-state index in [-0.39, 0.29) is 30.0 Å². The maximum Gasteiger partial charge on any atom is 0.329 e. The summed E-state index contributed by atoms with van der Waals surface area (Å²) >= 11 is 6.04. The van der Waals surface area contributed by atoms with Crippen LogP contribution in [0, 0.1) is 11.6 Å². The molecular weight excluding hydrogens is 566 g/mol. The predicted molar refractivity (Wildman–Crippen MR) is 137 cm³/mol. The first-order chi connectivity index (χ1) is 19.7. The van der Waals surface area contributed by atoms with Crippen molar-refractivity contribution in [2.45, 2.75) is 44.4 Å². The number of esters is 1. The van der Waals surface area contributed by atoms with Crippen LogP contribution in [0.5, 0.6) is 5.88 Å². The summed E-state index contributed by atoms with van der Waals surface area (Å²) in [7, 11) is 0. The third-order valence-corrected chi connectivity index (χ3v) is 7.14. The number of halogens is 3. The molecule has 1 amide bonds. The number of pyridine rings is 1. The molecule has 0 saturated carbocycles. The Bertz CT molecular complexity index is 1530. The average molecular weight is 589 g/mol. The molecule has 0 bridgehead atoms. The van der Waals surface area contributed by atoms with Crippen molar-refractivity contribution in [2.75, 3.05) is 13.2 Å². The highest BCUT2D eigenvalue weighted by molar-refractivity contribution is 6.31. The molecular formula is C26H23ClF2N6O6. The minimum Gasteiger partial charge on any atom is -0.470 e.